The summed E-state index contributed by atoms with van der Waals surface area (Å²) in [4.78, 5) is 10.8. The Kier molecular flexibility index (Phi) is 4.92. The van der Waals surface area contributed by atoms with Crippen LogP contribution in [0.3, 0.4) is 0 Å². The fourth-order valence-electron chi connectivity index (χ4n) is 1.34. The predicted octanol–water partition coefficient (Wildman–Crippen LogP) is 0.912. The van der Waals surface area contributed by atoms with Crippen molar-refractivity contribution in [1.29, 1.82) is 0 Å². The summed E-state index contributed by atoms with van der Waals surface area (Å²) in [6, 6.07) is 7.37. The minimum absolute atomic E-state index is 0.112. The number of amides is 1. The number of benzene rings is 1. The molecule has 0 heterocycles. The van der Waals surface area contributed by atoms with E-state index in [-0.39, 0.29) is 6.04 Å². The Hall–Kier alpha value is -0.910. The van der Waals surface area contributed by atoms with Gasteiger partial charge in [0.2, 0.25) is 5.91 Å². The zero-order valence-electron chi connectivity index (χ0n) is 9.11. The highest BCUT2D eigenvalue weighted by Gasteiger charge is 2.12. The summed E-state index contributed by atoms with van der Waals surface area (Å²) >= 11 is 3.47. The van der Waals surface area contributed by atoms with Crippen molar-refractivity contribution in [3.8, 4) is 0 Å². The van der Waals surface area contributed by atoms with Crippen molar-refractivity contribution in [1.82, 2.24) is 5.32 Å². The molecule has 0 saturated heterocycles. The Morgan fingerprint density at radius 3 is 2.69 bits per heavy atom. The first-order valence-electron chi connectivity index (χ1n) is 5.05. The minimum Gasteiger partial charge on any atom is -0.368 e. The van der Waals surface area contributed by atoms with Gasteiger partial charge in [-0.3, -0.25) is 4.79 Å². The fourth-order valence-corrected chi connectivity index (χ4v) is 1.97. The predicted molar refractivity (Wildman–Crippen MR) is 67.7 cm³/mol. The smallest absolute Gasteiger partial charge is 0.235 e. The molecule has 1 amide bonds. The molecule has 0 aliphatic carbocycles. The van der Waals surface area contributed by atoms with Gasteiger partial charge in [-0.2, -0.15) is 0 Å². The number of carbonyl (C=O) groups excluding carboxylic acids is 1. The van der Waals surface area contributed by atoms with Crippen LogP contribution < -0.4 is 16.8 Å². The number of rotatable bonds is 5. The summed E-state index contributed by atoms with van der Waals surface area (Å²) < 4.78 is 1.03. The summed E-state index contributed by atoms with van der Waals surface area (Å²) in [7, 11) is 0. The molecule has 0 bridgehead atoms. The summed E-state index contributed by atoms with van der Waals surface area (Å²) in [5.74, 6) is -0.494. The van der Waals surface area contributed by atoms with Crippen molar-refractivity contribution in [3.05, 3.63) is 34.3 Å². The zero-order chi connectivity index (χ0) is 12.1. The maximum atomic E-state index is 10.8. The number of halogens is 1. The molecule has 0 aliphatic rings. The van der Waals surface area contributed by atoms with Crippen LogP contribution in [0.2, 0.25) is 0 Å². The lowest BCUT2D eigenvalue weighted by molar-refractivity contribution is -0.119. The molecule has 1 aromatic carbocycles. The molecule has 0 fully saturated rings. The first kappa shape index (κ1) is 13.2. The number of nitrogens with two attached hydrogens (primary N) is 2. The number of hydrogen-bond donors (Lipinski definition) is 3. The normalized spacial score (nSPS) is 14.4. The van der Waals surface area contributed by atoms with E-state index in [1.807, 2.05) is 31.2 Å². The first-order chi connectivity index (χ1) is 7.52. The summed E-state index contributed by atoms with van der Waals surface area (Å²) in [6.07, 6.45) is 0. The average Bonchev–Trinajstić information content (AvgIpc) is 2.25. The van der Waals surface area contributed by atoms with Crippen LogP contribution in [0, 0.1) is 0 Å². The van der Waals surface area contributed by atoms with Gasteiger partial charge < -0.3 is 16.8 Å². The van der Waals surface area contributed by atoms with Gasteiger partial charge in [0.15, 0.2) is 0 Å². The average molecular weight is 286 g/mol. The van der Waals surface area contributed by atoms with Crippen LogP contribution in [-0.4, -0.2) is 18.5 Å². The molecule has 1 rings (SSSR count). The molecule has 5 N–H and O–H groups in total. The molecule has 0 saturated carbocycles. The molecule has 4 nitrogen and oxygen atoms in total. The van der Waals surface area contributed by atoms with Crippen LogP contribution in [-0.2, 0) is 4.79 Å². The Morgan fingerprint density at radius 1 is 1.50 bits per heavy atom. The lowest BCUT2D eigenvalue weighted by atomic mass is 10.1. The van der Waals surface area contributed by atoms with E-state index in [2.05, 4.69) is 21.2 Å². The largest absolute Gasteiger partial charge is 0.368 e. The third-order valence-electron chi connectivity index (χ3n) is 2.38. The molecular formula is C11H16BrN3O. The lowest BCUT2D eigenvalue weighted by Crippen LogP contribution is -2.44. The number of carbonyl (C=O) groups is 1. The minimum atomic E-state index is -0.648. The number of nitrogens with one attached hydrogen (secondary N) is 1. The monoisotopic (exact) mass is 285 g/mol. The quantitative estimate of drug-likeness (QED) is 0.752. The highest BCUT2D eigenvalue weighted by molar-refractivity contribution is 9.10. The van der Waals surface area contributed by atoms with E-state index in [9.17, 15) is 4.79 Å². The molecule has 5 heteroatoms. The molecule has 0 radical (unpaired) electrons. The van der Waals surface area contributed by atoms with E-state index in [0.29, 0.717) is 6.54 Å². The standard InChI is InChI=1S/C11H16BrN3O/c1-7(15-6-10(13)11(14)16)8-4-2-3-5-9(8)12/h2-5,7,10,15H,6,13H2,1H3,(H2,14,16)/t7-,10?/m1/s1. The van der Waals surface area contributed by atoms with E-state index in [1.54, 1.807) is 0 Å². The van der Waals surface area contributed by atoms with Crippen molar-refractivity contribution in [2.24, 2.45) is 11.5 Å². The van der Waals surface area contributed by atoms with E-state index in [0.717, 1.165) is 10.0 Å². The SMILES string of the molecule is C[C@@H](NCC(N)C(N)=O)c1ccccc1Br. The van der Waals surface area contributed by atoms with E-state index in [4.69, 9.17) is 11.5 Å². The second-order valence-corrected chi connectivity index (χ2v) is 4.51. The summed E-state index contributed by atoms with van der Waals surface area (Å²) in [5, 5.41) is 3.16. The lowest BCUT2D eigenvalue weighted by Gasteiger charge is -2.17. The van der Waals surface area contributed by atoms with Gasteiger partial charge in [0.1, 0.15) is 0 Å². The molecule has 0 aliphatic heterocycles. The van der Waals surface area contributed by atoms with Gasteiger partial charge in [-0.15, -0.1) is 0 Å². The van der Waals surface area contributed by atoms with Crippen LogP contribution in [0.1, 0.15) is 18.5 Å². The van der Waals surface area contributed by atoms with Gasteiger partial charge in [-0.25, -0.2) is 0 Å². The van der Waals surface area contributed by atoms with Crippen molar-refractivity contribution < 1.29 is 4.79 Å². The van der Waals surface area contributed by atoms with Crippen molar-refractivity contribution in [2.45, 2.75) is 19.0 Å². The van der Waals surface area contributed by atoms with Crippen LogP contribution >= 0.6 is 15.9 Å². The molecular weight excluding hydrogens is 270 g/mol. The molecule has 0 aromatic heterocycles. The van der Waals surface area contributed by atoms with E-state index >= 15 is 0 Å². The topological polar surface area (TPSA) is 81.1 Å². The first-order valence-corrected chi connectivity index (χ1v) is 5.84. The van der Waals surface area contributed by atoms with Gasteiger partial charge in [0.25, 0.3) is 0 Å². The van der Waals surface area contributed by atoms with Gasteiger partial charge in [-0.1, -0.05) is 34.1 Å². The van der Waals surface area contributed by atoms with Gasteiger partial charge in [-0.05, 0) is 18.6 Å². The Morgan fingerprint density at radius 2 is 2.12 bits per heavy atom. The highest BCUT2D eigenvalue weighted by Crippen LogP contribution is 2.22. The van der Waals surface area contributed by atoms with E-state index in [1.165, 1.54) is 0 Å². The fraction of sp³-hybridized carbons (Fsp3) is 0.364. The highest BCUT2D eigenvalue weighted by atomic mass is 79.9. The van der Waals surface area contributed by atoms with Crippen LogP contribution in [0.25, 0.3) is 0 Å². The molecule has 1 aromatic rings. The van der Waals surface area contributed by atoms with E-state index < -0.39 is 11.9 Å². The van der Waals surface area contributed by atoms with Gasteiger partial charge in [0, 0.05) is 17.1 Å². The molecule has 16 heavy (non-hydrogen) atoms. The van der Waals surface area contributed by atoms with Gasteiger partial charge >= 0.3 is 0 Å². The maximum Gasteiger partial charge on any atom is 0.235 e. The third-order valence-corrected chi connectivity index (χ3v) is 3.10. The van der Waals surface area contributed by atoms with Crippen molar-refractivity contribution >= 4 is 21.8 Å². The Balaban J connectivity index is 2.56. The van der Waals surface area contributed by atoms with Crippen LogP contribution in [0.4, 0.5) is 0 Å². The maximum absolute atomic E-state index is 10.8. The van der Waals surface area contributed by atoms with Crippen LogP contribution in [0.15, 0.2) is 28.7 Å². The Labute approximate surface area is 104 Å². The zero-order valence-corrected chi connectivity index (χ0v) is 10.7. The molecule has 88 valence electrons. The molecule has 1 unspecified atom stereocenters. The second-order valence-electron chi connectivity index (χ2n) is 3.66. The third kappa shape index (κ3) is 3.59. The summed E-state index contributed by atoms with van der Waals surface area (Å²) in [6.45, 7) is 2.38. The number of hydrogen-bond acceptors (Lipinski definition) is 3. The summed E-state index contributed by atoms with van der Waals surface area (Å²) in [5.41, 5.74) is 11.7. The number of primary amides is 1. The van der Waals surface area contributed by atoms with Crippen molar-refractivity contribution in [2.75, 3.05) is 6.54 Å². The van der Waals surface area contributed by atoms with Crippen LogP contribution in [0.5, 0.6) is 0 Å². The molecule has 2 atom stereocenters. The van der Waals surface area contributed by atoms with Crippen molar-refractivity contribution in [3.63, 3.8) is 0 Å². The molecule has 0 spiro atoms. The van der Waals surface area contributed by atoms with Gasteiger partial charge in [0.05, 0.1) is 6.04 Å². The Bertz CT molecular complexity index is 370. The second kappa shape index (κ2) is 5.98.